The Kier molecular flexibility index (Phi) is 4.47. The number of benzene rings is 2. The lowest BCUT2D eigenvalue weighted by atomic mass is 10.1. The first-order valence-corrected chi connectivity index (χ1v) is 7.29. The van der Waals surface area contributed by atoms with Gasteiger partial charge in [0.1, 0.15) is 6.61 Å². The maximum atomic E-state index is 11.8. The van der Waals surface area contributed by atoms with Gasteiger partial charge in [0.25, 0.3) is 0 Å². The van der Waals surface area contributed by atoms with Gasteiger partial charge in [0.15, 0.2) is 5.78 Å². The number of rotatable bonds is 5. The van der Waals surface area contributed by atoms with Crippen LogP contribution in [0.2, 0.25) is 0 Å². The normalized spacial score (nSPS) is 10.4. The van der Waals surface area contributed by atoms with Crippen molar-refractivity contribution >= 4 is 11.8 Å². The van der Waals surface area contributed by atoms with Crippen molar-refractivity contribution in [2.24, 2.45) is 0 Å². The average molecular weight is 322 g/mol. The summed E-state index contributed by atoms with van der Waals surface area (Å²) in [5.41, 5.74) is 1.87. The first kappa shape index (κ1) is 15.6. The van der Waals surface area contributed by atoms with Crippen molar-refractivity contribution in [2.45, 2.75) is 6.92 Å². The number of ketones is 1. The summed E-state index contributed by atoms with van der Waals surface area (Å²) in [4.78, 5) is 22.6. The molecule has 0 unspecified atom stereocenters. The fourth-order valence-electron chi connectivity index (χ4n) is 2.04. The van der Waals surface area contributed by atoms with Crippen LogP contribution in [0.1, 0.15) is 17.3 Å². The van der Waals surface area contributed by atoms with E-state index in [1.54, 1.807) is 24.3 Å². The van der Waals surface area contributed by atoms with Crippen LogP contribution < -0.4 is 0 Å². The van der Waals surface area contributed by atoms with Gasteiger partial charge < -0.3 is 9.15 Å². The average Bonchev–Trinajstić information content (AvgIpc) is 3.10. The largest absolute Gasteiger partial charge is 0.454 e. The third kappa shape index (κ3) is 3.55. The molecule has 0 aliphatic heterocycles. The van der Waals surface area contributed by atoms with E-state index in [9.17, 15) is 9.59 Å². The van der Waals surface area contributed by atoms with E-state index in [4.69, 9.17) is 9.15 Å². The lowest BCUT2D eigenvalue weighted by Gasteiger charge is -2.02. The lowest BCUT2D eigenvalue weighted by Crippen LogP contribution is -2.11. The molecule has 0 N–H and O–H groups in total. The minimum absolute atomic E-state index is 0.209. The molecule has 6 nitrogen and oxygen atoms in total. The summed E-state index contributed by atoms with van der Waals surface area (Å²) >= 11 is 0. The molecular formula is C18H14N2O4. The fraction of sp³-hybridized carbons (Fsp3) is 0.111. The zero-order valence-corrected chi connectivity index (χ0v) is 12.9. The second-order valence-electron chi connectivity index (χ2n) is 5.13. The Morgan fingerprint density at radius 3 is 2.08 bits per heavy atom. The Bertz CT molecular complexity index is 854. The van der Waals surface area contributed by atoms with Crippen LogP contribution in [0.25, 0.3) is 22.9 Å². The van der Waals surface area contributed by atoms with E-state index in [0.717, 1.165) is 5.56 Å². The highest BCUT2D eigenvalue weighted by Crippen LogP contribution is 2.23. The van der Waals surface area contributed by atoms with Crippen molar-refractivity contribution in [3.05, 3.63) is 60.2 Å². The van der Waals surface area contributed by atoms with E-state index in [2.05, 4.69) is 10.2 Å². The first-order chi connectivity index (χ1) is 11.6. The summed E-state index contributed by atoms with van der Waals surface area (Å²) in [6, 6.07) is 16.0. The van der Waals surface area contributed by atoms with Gasteiger partial charge in [-0.2, -0.15) is 0 Å². The molecule has 1 heterocycles. The number of carbonyl (C=O) groups is 2. The lowest BCUT2D eigenvalue weighted by molar-refractivity contribution is -0.120. The Balaban J connectivity index is 1.75. The Hall–Kier alpha value is -3.28. The molecule has 0 fully saturated rings. The van der Waals surface area contributed by atoms with Gasteiger partial charge in [-0.1, -0.05) is 18.2 Å². The van der Waals surface area contributed by atoms with Crippen molar-refractivity contribution in [3.8, 4) is 22.9 Å². The van der Waals surface area contributed by atoms with Gasteiger partial charge in [0.05, 0.1) is 5.56 Å². The zero-order chi connectivity index (χ0) is 16.9. The van der Waals surface area contributed by atoms with Crippen molar-refractivity contribution in [1.29, 1.82) is 0 Å². The van der Waals surface area contributed by atoms with Gasteiger partial charge in [-0.3, -0.25) is 4.79 Å². The molecule has 1 aromatic heterocycles. The molecule has 3 rings (SSSR count). The van der Waals surface area contributed by atoms with Crippen LogP contribution in [-0.2, 0) is 9.53 Å². The summed E-state index contributed by atoms with van der Waals surface area (Å²) in [5, 5.41) is 8.04. The number of Topliss-reactive ketones (excluding diaryl/α,β-unsaturated/α-hetero) is 1. The minimum Gasteiger partial charge on any atom is -0.454 e. The van der Waals surface area contributed by atoms with Crippen LogP contribution in [0.15, 0.2) is 59.0 Å². The second kappa shape index (κ2) is 6.87. The molecule has 0 aliphatic carbocycles. The third-order valence-electron chi connectivity index (χ3n) is 3.22. The number of nitrogens with zero attached hydrogens (tertiary/aromatic N) is 2. The summed E-state index contributed by atoms with van der Waals surface area (Å²) in [6.45, 7) is 1.13. The maximum absolute atomic E-state index is 11.8. The van der Waals surface area contributed by atoms with Crippen molar-refractivity contribution < 1.29 is 18.7 Å². The highest BCUT2D eigenvalue weighted by atomic mass is 16.5. The molecule has 0 aliphatic rings. The fourth-order valence-corrected chi connectivity index (χ4v) is 2.04. The van der Waals surface area contributed by atoms with Gasteiger partial charge in [0.2, 0.25) is 11.8 Å². The molecule has 6 heteroatoms. The Labute approximate surface area is 138 Å². The van der Waals surface area contributed by atoms with Crippen LogP contribution in [0.3, 0.4) is 0 Å². The molecule has 0 bridgehead atoms. The van der Waals surface area contributed by atoms with E-state index in [0.29, 0.717) is 22.9 Å². The van der Waals surface area contributed by atoms with Gasteiger partial charge in [-0.05, 0) is 43.3 Å². The van der Waals surface area contributed by atoms with Crippen LogP contribution in [0.4, 0.5) is 0 Å². The monoisotopic (exact) mass is 322 g/mol. The summed E-state index contributed by atoms with van der Waals surface area (Å²) < 4.78 is 10.5. The van der Waals surface area contributed by atoms with Gasteiger partial charge in [-0.15, -0.1) is 10.2 Å². The molecule has 2 aromatic carbocycles. The predicted octanol–water partition coefficient (Wildman–Crippen LogP) is 3.15. The third-order valence-corrected chi connectivity index (χ3v) is 3.22. The second-order valence-corrected chi connectivity index (χ2v) is 5.13. The SMILES string of the molecule is CC(=O)COC(=O)c1ccc(-c2nnc(-c3ccccc3)o2)cc1. The molecule has 0 amide bonds. The van der Waals surface area contributed by atoms with Gasteiger partial charge >= 0.3 is 5.97 Å². The molecule has 24 heavy (non-hydrogen) atoms. The highest BCUT2D eigenvalue weighted by Gasteiger charge is 2.12. The van der Waals surface area contributed by atoms with Crippen LogP contribution in [0, 0.1) is 0 Å². The highest BCUT2D eigenvalue weighted by molar-refractivity contribution is 5.91. The number of esters is 1. The van der Waals surface area contributed by atoms with Crippen LogP contribution in [0.5, 0.6) is 0 Å². The predicted molar refractivity (Wildman–Crippen MR) is 86.1 cm³/mol. The molecule has 0 saturated carbocycles. The maximum Gasteiger partial charge on any atom is 0.338 e. The Morgan fingerprint density at radius 1 is 0.917 bits per heavy atom. The molecule has 120 valence electrons. The molecule has 0 spiro atoms. The van der Waals surface area contributed by atoms with Crippen molar-refractivity contribution in [1.82, 2.24) is 10.2 Å². The number of carbonyl (C=O) groups excluding carboxylic acids is 2. The number of aromatic nitrogens is 2. The van der Waals surface area contributed by atoms with Crippen molar-refractivity contribution in [3.63, 3.8) is 0 Å². The number of hydrogen-bond donors (Lipinski definition) is 0. The first-order valence-electron chi connectivity index (χ1n) is 7.29. The van der Waals surface area contributed by atoms with E-state index in [1.165, 1.54) is 6.92 Å². The quantitative estimate of drug-likeness (QED) is 0.671. The van der Waals surface area contributed by atoms with Crippen LogP contribution >= 0.6 is 0 Å². The van der Waals surface area contributed by atoms with E-state index >= 15 is 0 Å². The standard InChI is InChI=1S/C18H14N2O4/c1-12(21)11-23-18(22)15-9-7-14(8-10-15)17-20-19-16(24-17)13-5-3-2-4-6-13/h2-10H,11H2,1H3. The van der Waals surface area contributed by atoms with E-state index in [1.807, 2.05) is 30.3 Å². The topological polar surface area (TPSA) is 82.3 Å². The molecular weight excluding hydrogens is 308 g/mol. The van der Waals surface area contributed by atoms with Gasteiger partial charge in [0, 0.05) is 11.1 Å². The molecule has 3 aromatic rings. The smallest absolute Gasteiger partial charge is 0.338 e. The molecule has 0 saturated heterocycles. The molecule has 0 radical (unpaired) electrons. The minimum atomic E-state index is -0.549. The summed E-state index contributed by atoms with van der Waals surface area (Å²) in [6.07, 6.45) is 0. The zero-order valence-electron chi connectivity index (χ0n) is 12.9. The van der Waals surface area contributed by atoms with E-state index < -0.39 is 5.97 Å². The van der Waals surface area contributed by atoms with Crippen molar-refractivity contribution in [2.75, 3.05) is 6.61 Å². The summed E-state index contributed by atoms with van der Waals surface area (Å²) in [5.74, 6) is 0.0274. The van der Waals surface area contributed by atoms with Crippen LogP contribution in [-0.4, -0.2) is 28.6 Å². The number of ether oxygens (including phenoxy) is 1. The number of hydrogen-bond acceptors (Lipinski definition) is 6. The van der Waals surface area contributed by atoms with E-state index in [-0.39, 0.29) is 12.4 Å². The van der Waals surface area contributed by atoms with Gasteiger partial charge in [-0.25, -0.2) is 4.79 Å². The summed E-state index contributed by atoms with van der Waals surface area (Å²) in [7, 11) is 0. The molecule has 0 atom stereocenters. The Morgan fingerprint density at radius 2 is 1.50 bits per heavy atom.